The SMILES string of the molecule is CCOc1ccc(C(=O)CC(=O)c2c(OCC)cc(OCC)c(Br)c2O)cc1. The van der Waals surface area contributed by atoms with Crippen LogP contribution in [0.1, 0.15) is 47.9 Å². The summed E-state index contributed by atoms with van der Waals surface area (Å²) < 4.78 is 16.5. The van der Waals surface area contributed by atoms with E-state index in [1.807, 2.05) is 6.92 Å². The quantitative estimate of drug-likeness (QED) is 0.413. The molecule has 0 amide bonds. The van der Waals surface area contributed by atoms with Gasteiger partial charge in [-0.2, -0.15) is 0 Å². The fourth-order valence-corrected chi connectivity index (χ4v) is 3.06. The van der Waals surface area contributed by atoms with Crippen LogP contribution in [0.4, 0.5) is 0 Å². The lowest BCUT2D eigenvalue weighted by Crippen LogP contribution is -2.11. The molecular formula is C21H23BrO6. The van der Waals surface area contributed by atoms with Crippen LogP contribution in [0.15, 0.2) is 34.8 Å². The molecule has 0 heterocycles. The van der Waals surface area contributed by atoms with Gasteiger partial charge in [-0.25, -0.2) is 0 Å². The maximum atomic E-state index is 12.8. The summed E-state index contributed by atoms with van der Waals surface area (Å²) in [5.74, 6) is -0.0199. The van der Waals surface area contributed by atoms with Crippen LogP contribution in [-0.4, -0.2) is 36.5 Å². The molecule has 0 saturated carbocycles. The van der Waals surface area contributed by atoms with Crippen molar-refractivity contribution in [1.82, 2.24) is 0 Å². The molecular weight excluding hydrogens is 428 g/mol. The zero-order valence-corrected chi connectivity index (χ0v) is 17.7. The lowest BCUT2D eigenvalue weighted by Gasteiger charge is -2.15. The first-order valence-electron chi connectivity index (χ1n) is 9.03. The minimum absolute atomic E-state index is 0.0449. The summed E-state index contributed by atoms with van der Waals surface area (Å²) in [4.78, 5) is 25.3. The van der Waals surface area contributed by atoms with Gasteiger partial charge in [0.25, 0.3) is 0 Å². The number of phenols is 1. The third-order valence-corrected chi connectivity index (χ3v) is 4.62. The van der Waals surface area contributed by atoms with E-state index in [2.05, 4.69) is 15.9 Å². The first kappa shape index (κ1) is 21.8. The highest BCUT2D eigenvalue weighted by atomic mass is 79.9. The molecule has 28 heavy (non-hydrogen) atoms. The van der Waals surface area contributed by atoms with Gasteiger partial charge in [0.05, 0.1) is 26.2 Å². The van der Waals surface area contributed by atoms with Gasteiger partial charge in [-0.05, 0) is 61.0 Å². The molecule has 0 aliphatic heterocycles. The fourth-order valence-electron chi connectivity index (χ4n) is 2.64. The van der Waals surface area contributed by atoms with Crippen molar-refractivity contribution in [1.29, 1.82) is 0 Å². The number of benzene rings is 2. The summed E-state index contributed by atoms with van der Waals surface area (Å²) in [6, 6.07) is 8.11. The number of hydrogen-bond acceptors (Lipinski definition) is 6. The van der Waals surface area contributed by atoms with Crippen molar-refractivity contribution >= 4 is 27.5 Å². The van der Waals surface area contributed by atoms with E-state index in [0.717, 1.165) is 0 Å². The van der Waals surface area contributed by atoms with Crippen LogP contribution < -0.4 is 14.2 Å². The summed E-state index contributed by atoms with van der Waals surface area (Å²) in [5.41, 5.74) is 0.343. The van der Waals surface area contributed by atoms with Gasteiger partial charge in [-0.3, -0.25) is 9.59 Å². The highest BCUT2D eigenvalue weighted by Crippen LogP contribution is 2.43. The van der Waals surface area contributed by atoms with Gasteiger partial charge in [0.1, 0.15) is 33.0 Å². The zero-order chi connectivity index (χ0) is 20.7. The Bertz CT molecular complexity index is 845. The molecule has 0 fully saturated rings. The molecule has 1 N–H and O–H groups in total. The Labute approximate surface area is 172 Å². The normalized spacial score (nSPS) is 10.4. The molecule has 0 atom stereocenters. The lowest BCUT2D eigenvalue weighted by atomic mass is 10.00. The Hall–Kier alpha value is -2.54. The van der Waals surface area contributed by atoms with Crippen LogP contribution in [0.5, 0.6) is 23.0 Å². The predicted octanol–water partition coefficient (Wildman–Crippen LogP) is 4.81. The van der Waals surface area contributed by atoms with Gasteiger partial charge in [0.2, 0.25) is 0 Å². The lowest BCUT2D eigenvalue weighted by molar-refractivity contribution is 0.0891. The number of ketones is 2. The third kappa shape index (κ3) is 5.04. The van der Waals surface area contributed by atoms with Gasteiger partial charge >= 0.3 is 0 Å². The highest BCUT2D eigenvalue weighted by molar-refractivity contribution is 9.10. The van der Waals surface area contributed by atoms with E-state index in [9.17, 15) is 14.7 Å². The van der Waals surface area contributed by atoms with Crippen LogP contribution in [-0.2, 0) is 0 Å². The first-order valence-corrected chi connectivity index (χ1v) is 9.82. The average molecular weight is 451 g/mol. The van der Waals surface area contributed by atoms with Crippen LogP contribution in [0.3, 0.4) is 0 Å². The van der Waals surface area contributed by atoms with Crippen LogP contribution in [0.2, 0.25) is 0 Å². The van der Waals surface area contributed by atoms with Gasteiger partial charge < -0.3 is 19.3 Å². The van der Waals surface area contributed by atoms with Crippen molar-refractivity contribution in [2.45, 2.75) is 27.2 Å². The van der Waals surface area contributed by atoms with Crippen molar-refractivity contribution in [2.24, 2.45) is 0 Å². The number of Topliss-reactive ketones (excluding diaryl/α,β-unsaturated/α-hetero) is 2. The van der Waals surface area contributed by atoms with E-state index < -0.39 is 12.2 Å². The van der Waals surface area contributed by atoms with Gasteiger partial charge in [-0.1, -0.05) is 0 Å². The first-order chi connectivity index (χ1) is 13.4. The van der Waals surface area contributed by atoms with Crippen molar-refractivity contribution < 1.29 is 28.9 Å². The molecule has 0 aliphatic rings. The molecule has 7 heteroatoms. The molecule has 0 spiro atoms. The van der Waals surface area contributed by atoms with Gasteiger partial charge in [0.15, 0.2) is 11.6 Å². The number of carbonyl (C=O) groups is 2. The summed E-state index contributed by atoms with van der Waals surface area (Å²) in [6.07, 6.45) is -0.401. The standard InChI is InChI=1S/C21H23BrO6/c1-4-26-14-9-7-13(8-10-14)15(23)11-16(24)19-17(27-5-2)12-18(28-6-3)20(22)21(19)25/h7-10,12,25H,4-6,11H2,1-3H3. The van der Waals surface area contributed by atoms with E-state index in [-0.39, 0.29) is 27.3 Å². The molecule has 2 aromatic carbocycles. The van der Waals surface area contributed by atoms with Crippen LogP contribution in [0, 0.1) is 0 Å². The maximum absolute atomic E-state index is 12.8. The molecule has 0 aliphatic carbocycles. The minimum Gasteiger partial charge on any atom is -0.506 e. The highest BCUT2D eigenvalue weighted by Gasteiger charge is 2.25. The second-order valence-electron chi connectivity index (χ2n) is 5.76. The molecule has 0 aromatic heterocycles. The number of halogens is 1. The van der Waals surface area contributed by atoms with E-state index in [1.54, 1.807) is 38.1 Å². The van der Waals surface area contributed by atoms with E-state index >= 15 is 0 Å². The number of ether oxygens (including phenoxy) is 3. The van der Waals surface area contributed by atoms with Crippen LogP contribution >= 0.6 is 15.9 Å². The minimum atomic E-state index is -0.538. The van der Waals surface area contributed by atoms with E-state index in [0.29, 0.717) is 36.9 Å². The molecule has 2 rings (SSSR count). The molecule has 2 aromatic rings. The smallest absolute Gasteiger partial charge is 0.178 e. The largest absolute Gasteiger partial charge is 0.506 e. The van der Waals surface area contributed by atoms with Crippen molar-refractivity contribution in [3.05, 3.63) is 45.9 Å². The number of aromatic hydroxyl groups is 1. The third-order valence-electron chi connectivity index (χ3n) is 3.86. The van der Waals surface area contributed by atoms with Crippen molar-refractivity contribution in [3.8, 4) is 23.0 Å². The monoisotopic (exact) mass is 450 g/mol. The molecule has 0 bridgehead atoms. The van der Waals surface area contributed by atoms with E-state index in [4.69, 9.17) is 14.2 Å². The summed E-state index contributed by atoms with van der Waals surface area (Å²) in [7, 11) is 0. The Morgan fingerprint density at radius 1 is 0.893 bits per heavy atom. The Balaban J connectivity index is 2.29. The fraction of sp³-hybridized carbons (Fsp3) is 0.333. The van der Waals surface area contributed by atoms with Crippen molar-refractivity contribution in [3.63, 3.8) is 0 Å². The molecule has 0 unspecified atom stereocenters. The Morgan fingerprint density at radius 2 is 1.46 bits per heavy atom. The summed E-state index contributed by atoms with van der Waals surface area (Å²) in [6.45, 7) is 6.64. The van der Waals surface area contributed by atoms with Crippen LogP contribution in [0.25, 0.3) is 0 Å². The molecule has 6 nitrogen and oxygen atoms in total. The Kier molecular flexibility index (Phi) is 7.87. The number of phenolic OH excluding ortho intramolecular Hbond substituents is 1. The topological polar surface area (TPSA) is 82.1 Å². The second-order valence-corrected chi connectivity index (χ2v) is 6.55. The number of carbonyl (C=O) groups excluding carboxylic acids is 2. The number of rotatable bonds is 10. The van der Waals surface area contributed by atoms with Gasteiger partial charge in [-0.15, -0.1) is 0 Å². The predicted molar refractivity (Wildman–Crippen MR) is 109 cm³/mol. The zero-order valence-electron chi connectivity index (χ0n) is 16.1. The van der Waals surface area contributed by atoms with Crippen molar-refractivity contribution in [2.75, 3.05) is 19.8 Å². The number of hydrogen-bond donors (Lipinski definition) is 1. The molecule has 0 saturated heterocycles. The van der Waals surface area contributed by atoms with E-state index in [1.165, 1.54) is 6.07 Å². The maximum Gasteiger partial charge on any atom is 0.178 e. The second kappa shape index (κ2) is 10.1. The molecule has 0 radical (unpaired) electrons. The molecule has 150 valence electrons. The Morgan fingerprint density at radius 3 is 2.04 bits per heavy atom. The van der Waals surface area contributed by atoms with Gasteiger partial charge in [0, 0.05) is 11.6 Å². The summed E-state index contributed by atoms with van der Waals surface area (Å²) >= 11 is 3.24. The summed E-state index contributed by atoms with van der Waals surface area (Å²) in [5, 5.41) is 10.5. The average Bonchev–Trinajstić information content (AvgIpc) is 2.67.